The molecule has 0 unspecified atom stereocenters. The zero-order chi connectivity index (χ0) is 19.2. The monoisotopic (exact) mass is 389 g/mol. The standard InChI is InChI=1S/C20H21ClFN3O2/c21-18-13-16(22)6-5-15(18)12-19(26)24-8-3-9-25(11-10-24)20(27)14-17-4-1-2-7-23-17/h1-2,4-7,13H,3,8-12,14H2. The normalized spacial score (nSPS) is 14.7. The molecule has 1 fully saturated rings. The van der Waals surface area contributed by atoms with Crippen LogP contribution in [0.3, 0.4) is 0 Å². The van der Waals surface area contributed by atoms with Crippen molar-refractivity contribution in [1.29, 1.82) is 0 Å². The summed E-state index contributed by atoms with van der Waals surface area (Å²) < 4.78 is 13.1. The average molecular weight is 390 g/mol. The number of carbonyl (C=O) groups excluding carboxylic acids is 2. The number of nitrogens with zero attached hydrogens (tertiary/aromatic N) is 3. The third kappa shape index (κ3) is 5.26. The molecule has 1 aliphatic heterocycles. The van der Waals surface area contributed by atoms with E-state index in [0.29, 0.717) is 31.7 Å². The number of hydrogen-bond donors (Lipinski definition) is 0. The highest BCUT2D eigenvalue weighted by molar-refractivity contribution is 6.31. The fraction of sp³-hybridized carbons (Fsp3) is 0.350. The third-order valence-electron chi connectivity index (χ3n) is 4.62. The second-order valence-electron chi connectivity index (χ2n) is 6.53. The molecule has 0 saturated carbocycles. The number of carbonyl (C=O) groups is 2. The molecule has 1 aromatic carbocycles. The lowest BCUT2D eigenvalue weighted by atomic mass is 10.1. The van der Waals surface area contributed by atoms with E-state index in [0.717, 1.165) is 12.1 Å². The van der Waals surface area contributed by atoms with Gasteiger partial charge in [-0.25, -0.2) is 4.39 Å². The van der Waals surface area contributed by atoms with Crippen molar-refractivity contribution in [2.75, 3.05) is 26.2 Å². The second kappa shape index (κ2) is 8.95. The molecule has 0 spiro atoms. The summed E-state index contributed by atoms with van der Waals surface area (Å²) in [7, 11) is 0. The molecule has 3 rings (SSSR count). The van der Waals surface area contributed by atoms with E-state index >= 15 is 0 Å². The molecule has 0 aliphatic carbocycles. The van der Waals surface area contributed by atoms with Crippen molar-refractivity contribution in [3.05, 3.63) is 64.7 Å². The Bertz CT molecular complexity index is 816. The van der Waals surface area contributed by atoms with Crippen LogP contribution < -0.4 is 0 Å². The molecule has 1 aliphatic rings. The number of amides is 2. The first kappa shape index (κ1) is 19.3. The first-order chi connectivity index (χ1) is 13.0. The summed E-state index contributed by atoms with van der Waals surface area (Å²) in [6, 6.07) is 9.56. The van der Waals surface area contributed by atoms with Gasteiger partial charge in [0.05, 0.1) is 12.8 Å². The van der Waals surface area contributed by atoms with Crippen molar-refractivity contribution < 1.29 is 14.0 Å². The molecule has 142 valence electrons. The Balaban J connectivity index is 1.56. The highest BCUT2D eigenvalue weighted by Gasteiger charge is 2.22. The summed E-state index contributed by atoms with van der Waals surface area (Å²) in [6.07, 6.45) is 2.78. The van der Waals surface area contributed by atoms with Crippen LogP contribution in [0.15, 0.2) is 42.6 Å². The van der Waals surface area contributed by atoms with Gasteiger partial charge in [0, 0.05) is 43.1 Å². The summed E-state index contributed by atoms with van der Waals surface area (Å²) in [5.74, 6) is -0.472. The van der Waals surface area contributed by atoms with Gasteiger partial charge in [-0.15, -0.1) is 0 Å². The third-order valence-corrected chi connectivity index (χ3v) is 4.97. The molecular formula is C20H21ClFN3O2. The number of benzene rings is 1. The van der Waals surface area contributed by atoms with Gasteiger partial charge in [0.15, 0.2) is 0 Å². The van der Waals surface area contributed by atoms with E-state index in [4.69, 9.17) is 11.6 Å². The lowest BCUT2D eigenvalue weighted by Gasteiger charge is -2.22. The quantitative estimate of drug-likeness (QED) is 0.808. The van der Waals surface area contributed by atoms with Crippen LogP contribution >= 0.6 is 11.6 Å². The molecule has 2 amide bonds. The van der Waals surface area contributed by atoms with E-state index < -0.39 is 5.82 Å². The highest BCUT2D eigenvalue weighted by Crippen LogP contribution is 2.19. The van der Waals surface area contributed by atoms with Crippen molar-refractivity contribution in [1.82, 2.24) is 14.8 Å². The zero-order valence-electron chi connectivity index (χ0n) is 14.9. The van der Waals surface area contributed by atoms with Gasteiger partial charge in [-0.3, -0.25) is 14.6 Å². The van der Waals surface area contributed by atoms with Crippen molar-refractivity contribution >= 4 is 23.4 Å². The minimum Gasteiger partial charge on any atom is -0.341 e. The van der Waals surface area contributed by atoms with Gasteiger partial charge in [0.2, 0.25) is 11.8 Å². The van der Waals surface area contributed by atoms with Gasteiger partial charge >= 0.3 is 0 Å². The maximum absolute atomic E-state index is 13.1. The number of pyridine rings is 1. The van der Waals surface area contributed by atoms with E-state index in [1.54, 1.807) is 16.0 Å². The van der Waals surface area contributed by atoms with Crippen molar-refractivity contribution in [3.8, 4) is 0 Å². The maximum atomic E-state index is 13.1. The summed E-state index contributed by atoms with van der Waals surface area (Å²) in [5.41, 5.74) is 1.35. The predicted molar refractivity (Wildman–Crippen MR) is 101 cm³/mol. The number of rotatable bonds is 4. The van der Waals surface area contributed by atoms with Crippen LogP contribution in [0.5, 0.6) is 0 Å². The van der Waals surface area contributed by atoms with E-state index in [1.807, 2.05) is 18.2 Å². The summed E-state index contributed by atoms with van der Waals surface area (Å²) in [4.78, 5) is 32.8. The van der Waals surface area contributed by atoms with Gasteiger partial charge in [0.1, 0.15) is 5.82 Å². The molecule has 1 saturated heterocycles. The van der Waals surface area contributed by atoms with Crippen LogP contribution in [0.2, 0.25) is 5.02 Å². The molecule has 2 aromatic rings. The van der Waals surface area contributed by atoms with Gasteiger partial charge in [-0.05, 0) is 36.2 Å². The van der Waals surface area contributed by atoms with Crippen LogP contribution in [-0.2, 0) is 22.4 Å². The first-order valence-electron chi connectivity index (χ1n) is 8.92. The van der Waals surface area contributed by atoms with E-state index in [2.05, 4.69) is 4.98 Å². The summed E-state index contributed by atoms with van der Waals surface area (Å²) in [5, 5.41) is 0.255. The molecule has 7 heteroatoms. The van der Waals surface area contributed by atoms with E-state index in [1.165, 1.54) is 18.2 Å². The minimum absolute atomic E-state index is 0.0181. The predicted octanol–water partition coefficient (Wildman–Crippen LogP) is 2.72. The van der Waals surface area contributed by atoms with Crippen LogP contribution in [0, 0.1) is 5.82 Å². The molecule has 27 heavy (non-hydrogen) atoms. The van der Waals surface area contributed by atoms with Gasteiger partial charge in [-0.1, -0.05) is 23.7 Å². The number of aromatic nitrogens is 1. The molecule has 0 bridgehead atoms. The van der Waals surface area contributed by atoms with Gasteiger partial charge in [0.25, 0.3) is 0 Å². The lowest BCUT2D eigenvalue weighted by molar-refractivity contribution is -0.132. The largest absolute Gasteiger partial charge is 0.341 e. The number of halogens is 2. The Morgan fingerprint density at radius 1 is 1.00 bits per heavy atom. The second-order valence-corrected chi connectivity index (χ2v) is 6.93. The fourth-order valence-corrected chi connectivity index (χ4v) is 3.36. The lowest BCUT2D eigenvalue weighted by Crippen LogP contribution is -2.38. The summed E-state index contributed by atoms with van der Waals surface area (Å²) >= 11 is 6.02. The van der Waals surface area contributed by atoms with Crippen molar-refractivity contribution in [2.45, 2.75) is 19.3 Å². The molecule has 5 nitrogen and oxygen atoms in total. The Labute approximate surface area is 162 Å². The minimum atomic E-state index is -0.423. The average Bonchev–Trinajstić information content (AvgIpc) is 2.91. The van der Waals surface area contributed by atoms with Gasteiger partial charge < -0.3 is 9.80 Å². The van der Waals surface area contributed by atoms with Crippen LogP contribution in [0.25, 0.3) is 0 Å². The number of hydrogen-bond acceptors (Lipinski definition) is 3. The Hall–Kier alpha value is -2.47. The molecule has 0 atom stereocenters. The summed E-state index contributed by atoms with van der Waals surface area (Å²) in [6.45, 7) is 2.18. The van der Waals surface area contributed by atoms with E-state index in [-0.39, 0.29) is 29.7 Å². The molecule has 2 heterocycles. The highest BCUT2D eigenvalue weighted by atomic mass is 35.5. The Morgan fingerprint density at radius 2 is 1.70 bits per heavy atom. The van der Waals surface area contributed by atoms with Crippen molar-refractivity contribution in [3.63, 3.8) is 0 Å². The Kier molecular flexibility index (Phi) is 6.40. The van der Waals surface area contributed by atoms with Crippen LogP contribution in [-0.4, -0.2) is 52.8 Å². The molecule has 0 N–H and O–H groups in total. The van der Waals surface area contributed by atoms with E-state index in [9.17, 15) is 14.0 Å². The molecular weight excluding hydrogens is 369 g/mol. The Morgan fingerprint density at radius 3 is 2.33 bits per heavy atom. The smallest absolute Gasteiger partial charge is 0.228 e. The van der Waals surface area contributed by atoms with Gasteiger partial charge in [-0.2, -0.15) is 0 Å². The molecule has 1 aromatic heterocycles. The SMILES string of the molecule is O=C(Cc1ccccn1)N1CCCN(C(=O)Cc2ccc(F)cc2Cl)CC1. The van der Waals surface area contributed by atoms with Crippen molar-refractivity contribution in [2.24, 2.45) is 0 Å². The zero-order valence-corrected chi connectivity index (χ0v) is 15.7. The molecule has 0 radical (unpaired) electrons. The van der Waals surface area contributed by atoms with Crippen LogP contribution in [0.1, 0.15) is 17.7 Å². The topological polar surface area (TPSA) is 53.5 Å². The van der Waals surface area contributed by atoms with Crippen LogP contribution in [0.4, 0.5) is 4.39 Å². The first-order valence-corrected chi connectivity index (χ1v) is 9.30. The maximum Gasteiger partial charge on any atom is 0.228 e. The fourth-order valence-electron chi connectivity index (χ4n) is 3.13.